The number of hydrogen-bond acceptors (Lipinski definition) is 2. The van der Waals surface area contributed by atoms with Crippen molar-refractivity contribution in [2.24, 2.45) is 0 Å². The van der Waals surface area contributed by atoms with Crippen LogP contribution in [0.15, 0.2) is 24.3 Å². The molecule has 4 heteroatoms. The van der Waals surface area contributed by atoms with E-state index in [1.54, 1.807) is 0 Å². The van der Waals surface area contributed by atoms with Crippen molar-refractivity contribution in [1.82, 2.24) is 0 Å². The number of carbonyl (C=O) groups excluding carboxylic acids is 2. The molecule has 0 aliphatic carbocycles. The lowest BCUT2D eigenvalue weighted by Crippen LogP contribution is -2.28. The summed E-state index contributed by atoms with van der Waals surface area (Å²) in [6, 6.07) is 4.79. The lowest BCUT2D eigenvalue weighted by molar-refractivity contribution is -0.127. The van der Waals surface area contributed by atoms with Gasteiger partial charge in [0.05, 0.1) is 6.42 Å². The van der Waals surface area contributed by atoms with Crippen LogP contribution in [0.25, 0.3) is 0 Å². The Balaban J connectivity index is 2.74. The number of hydrogen-bond donors (Lipinski definition) is 0. The van der Waals surface area contributed by atoms with Gasteiger partial charge in [0.25, 0.3) is 0 Å². The minimum Gasteiger partial charge on any atom is -0.296 e. The van der Waals surface area contributed by atoms with E-state index < -0.39 is 29.5 Å². The second kappa shape index (κ2) is 4.51. The van der Waals surface area contributed by atoms with Gasteiger partial charge in [0.1, 0.15) is 5.82 Å². The first kappa shape index (κ1) is 12.5. The van der Waals surface area contributed by atoms with Crippen LogP contribution in [0.5, 0.6) is 0 Å². The lowest BCUT2D eigenvalue weighted by Gasteiger charge is -2.11. The molecule has 0 bridgehead atoms. The zero-order valence-electron chi connectivity index (χ0n) is 9.09. The van der Waals surface area contributed by atoms with E-state index in [9.17, 15) is 18.4 Å². The largest absolute Gasteiger partial charge is 0.296 e. The number of carbonyl (C=O) groups is 2. The van der Waals surface area contributed by atoms with Gasteiger partial charge in [-0.25, -0.2) is 8.78 Å². The third-order valence-electron chi connectivity index (χ3n) is 2.15. The molecule has 0 fully saturated rings. The molecule has 1 aromatic carbocycles. The third-order valence-corrected chi connectivity index (χ3v) is 2.15. The van der Waals surface area contributed by atoms with Crippen LogP contribution in [0.3, 0.4) is 0 Å². The molecule has 0 radical (unpaired) electrons. The standard InChI is InChI=1S/C12H12F2O2/c1-12(2,14)11(16)7-10(15)8-3-5-9(13)6-4-8/h3-6H,7H2,1-2H3. The molecule has 0 aliphatic rings. The molecule has 0 aliphatic heterocycles. The predicted molar refractivity (Wildman–Crippen MR) is 55.5 cm³/mol. The Hall–Kier alpha value is -1.58. The zero-order valence-corrected chi connectivity index (χ0v) is 9.09. The number of benzene rings is 1. The Bertz CT molecular complexity index is 402. The molecule has 0 aromatic heterocycles. The topological polar surface area (TPSA) is 34.1 Å². The summed E-state index contributed by atoms with van der Waals surface area (Å²) < 4.78 is 25.7. The van der Waals surface area contributed by atoms with Gasteiger partial charge in [-0.3, -0.25) is 9.59 Å². The second-order valence-corrected chi connectivity index (χ2v) is 4.00. The number of ketones is 2. The SMILES string of the molecule is CC(C)(F)C(=O)CC(=O)c1ccc(F)cc1. The van der Waals surface area contributed by atoms with E-state index in [2.05, 4.69) is 0 Å². The summed E-state index contributed by atoms with van der Waals surface area (Å²) >= 11 is 0. The Labute approximate surface area is 92.3 Å². The van der Waals surface area contributed by atoms with Crippen molar-refractivity contribution in [3.05, 3.63) is 35.6 Å². The van der Waals surface area contributed by atoms with Gasteiger partial charge in [0.2, 0.25) is 0 Å². The number of rotatable bonds is 4. The molecule has 0 heterocycles. The van der Waals surface area contributed by atoms with Crippen LogP contribution in [0.2, 0.25) is 0 Å². The fourth-order valence-corrected chi connectivity index (χ4v) is 1.09. The predicted octanol–water partition coefficient (Wildman–Crippen LogP) is 2.72. The summed E-state index contributed by atoms with van der Waals surface area (Å²) in [6.45, 7) is 2.21. The summed E-state index contributed by atoms with van der Waals surface area (Å²) in [5.74, 6) is -1.74. The first-order valence-electron chi connectivity index (χ1n) is 4.81. The molecule has 16 heavy (non-hydrogen) atoms. The number of Topliss-reactive ketones (excluding diaryl/α,β-unsaturated/α-hetero) is 2. The normalized spacial score (nSPS) is 11.2. The van der Waals surface area contributed by atoms with E-state index in [1.165, 1.54) is 12.1 Å². The highest BCUT2D eigenvalue weighted by Crippen LogP contribution is 2.14. The third kappa shape index (κ3) is 3.22. The van der Waals surface area contributed by atoms with E-state index in [-0.39, 0.29) is 5.56 Å². The van der Waals surface area contributed by atoms with E-state index in [0.29, 0.717) is 0 Å². The van der Waals surface area contributed by atoms with Gasteiger partial charge in [0, 0.05) is 5.56 Å². The molecular formula is C12H12F2O2. The molecule has 0 N–H and O–H groups in total. The van der Waals surface area contributed by atoms with Crippen molar-refractivity contribution in [3.63, 3.8) is 0 Å². The van der Waals surface area contributed by atoms with E-state index in [4.69, 9.17) is 0 Å². The average Bonchev–Trinajstić information content (AvgIpc) is 2.17. The van der Waals surface area contributed by atoms with E-state index in [0.717, 1.165) is 26.0 Å². The van der Waals surface area contributed by atoms with Crippen LogP contribution in [0.1, 0.15) is 30.6 Å². The summed E-state index contributed by atoms with van der Waals surface area (Å²) in [4.78, 5) is 22.7. The molecule has 0 saturated carbocycles. The molecule has 0 unspecified atom stereocenters. The average molecular weight is 226 g/mol. The smallest absolute Gasteiger partial charge is 0.177 e. The number of alkyl halides is 1. The molecular weight excluding hydrogens is 214 g/mol. The van der Waals surface area contributed by atoms with Gasteiger partial charge in [-0.1, -0.05) is 0 Å². The highest BCUT2D eigenvalue weighted by atomic mass is 19.1. The maximum Gasteiger partial charge on any atom is 0.177 e. The minimum atomic E-state index is -2.02. The van der Waals surface area contributed by atoms with Crippen molar-refractivity contribution >= 4 is 11.6 Å². The van der Waals surface area contributed by atoms with Crippen molar-refractivity contribution in [1.29, 1.82) is 0 Å². The maximum atomic E-state index is 13.2. The first-order valence-corrected chi connectivity index (χ1v) is 4.81. The summed E-state index contributed by atoms with van der Waals surface area (Å²) in [5.41, 5.74) is -1.81. The van der Waals surface area contributed by atoms with Crippen molar-refractivity contribution in [3.8, 4) is 0 Å². The summed E-state index contributed by atoms with van der Waals surface area (Å²) in [6.07, 6.45) is -0.505. The molecule has 0 amide bonds. The van der Waals surface area contributed by atoms with Gasteiger partial charge < -0.3 is 0 Å². The fourth-order valence-electron chi connectivity index (χ4n) is 1.09. The quantitative estimate of drug-likeness (QED) is 0.584. The molecule has 0 spiro atoms. The Kier molecular flexibility index (Phi) is 3.52. The van der Waals surface area contributed by atoms with Crippen molar-refractivity contribution in [2.45, 2.75) is 25.9 Å². The first-order chi connectivity index (χ1) is 7.30. The second-order valence-electron chi connectivity index (χ2n) is 4.00. The van der Waals surface area contributed by atoms with Crippen LogP contribution in [0, 0.1) is 5.82 Å². The fraction of sp³-hybridized carbons (Fsp3) is 0.333. The molecule has 1 aromatic rings. The summed E-state index contributed by atoms with van der Waals surface area (Å²) in [7, 11) is 0. The van der Waals surface area contributed by atoms with Gasteiger partial charge in [-0.05, 0) is 38.1 Å². The highest BCUT2D eigenvalue weighted by Gasteiger charge is 2.28. The summed E-state index contributed by atoms with van der Waals surface area (Å²) in [5, 5.41) is 0. The Morgan fingerprint density at radius 2 is 1.69 bits per heavy atom. The molecule has 0 atom stereocenters. The van der Waals surface area contributed by atoms with Gasteiger partial charge in [-0.2, -0.15) is 0 Å². The maximum absolute atomic E-state index is 13.2. The molecule has 2 nitrogen and oxygen atoms in total. The Morgan fingerprint density at radius 3 is 2.12 bits per heavy atom. The Morgan fingerprint density at radius 1 is 1.19 bits per heavy atom. The van der Waals surface area contributed by atoms with Gasteiger partial charge >= 0.3 is 0 Å². The number of halogens is 2. The minimum absolute atomic E-state index is 0.207. The molecule has 86 valence electrons. The van der Waals surface area contributed by atoms with Crippen molar-refractivity contribution in [2.75, 3.05) is 0 Å². The van der Waals surface area contributed by atoms with Gasteiger partial charge in [-0.15, -0.1) is 0 Å². The van der Waals surface area contributed by atoms with Crippen LogP contribution >= 0.6 is 0 Å². The van der Waals surface area contributed by atoms with Crippen LogP contribution in [-0.4, -0.2) is 17.2 Å². The van der Waals surface area contributed by atoms with E-state index >= 15 is 0 Å². The van der Waals surface area contributed by atoms with Crippen LogP contribution < -0.4 is 0 Å². The van der Waals surface area contributed by atoms with Gasteiger partial charge in [0.15, 0.2) is 17.2 Å². The highest BCUT2D eigenvalue weighted by molar-refractivity contribution is 6.10. The lowest BCUT2D eigenvalue weighted by atomic mass is 9.98. The van der Waals surface area contributed by atoms with Crippen molar-refractivity contribution < 1.29 is 18.4 Å². The zero-order chi connectivity index (χ0) is 12.3. The van der Waals surface area contributed by atoms with E-state index in [1.807, 2.05) is 0 Å². The molecule has 0 saturated heterocycles. The van der Waals surface area contributed by atoms with Crippen LogP contribution in [-0.2, 0) is 4.79 Å². The monoisotopic (exact) mass is 226 g/mol. The van der Waals surface area contributed by atoms with Crippen LogP contribution in [0.4, 0.5) is 8.78 Å². The molecule has 1 rings (SSSR count).